The molecule has 0 aliphatic heterocycles. The maximum absolute atomic E-state index is 12.5. The molecule has 1 heterocycles. The fourth-order valence-electron chi connectivity index (χ4n) is 1.01. The summed E-state index contributed by atoms with van der Waals surface area (Å²) in [5, 5.41) is 9.11. The van der Waals surface area contributed by atoms with Crippen LogP contribution in [0.15, 0.2) is 18.3 Å². The fraction of sp³-hybridized carbons (Fsp3) is 0.444. The maximum Gasteiger partial charge on any atom is 0.212 e. The largest absolute Gasteiger partial charge is 0.395 e. The molecule has 0 saturated heterocycles. The Morgan fingerprint density at radius 1 is 1.62 bits per heavy atom. The second kappa shape index (κ2) is 3.81. The van der Waals surface area contributed by atoms with E-state index in [1.807, 2.05) is 6.92 Å². The number of aromatic nitrogens is 1. The van der Waals surface area contributed by atoms with Crippen molar-refractivity contribution in [2.45, 2.75) is 12.3 Å². The van der Waals surface area contributed by atoms with Crippen LogP contribution >= 0.6 is 0 Å². The third-order valence-electron chi connectivity index (χ3n) is 2.22. The lowest BCUT2D eigenvalue weighted by molar-refractivity contribution is 0.210. The summed E-state index contributed by atoms with van der Waals surface area (Å²) in [6.45, 7) is 2.04. The molecule has 0 fully saturated rings. The molecule has 3 N–H and O–H groups in total. The van der Waals surface area contributed by atoms with Gasteiger partial charge in [0.15, 0.2) is 0 Å². The van der Waals surface area contributed by atoms with Gasteiger partial charge in [0.25, 0.3) is 0 Å². The fourth-order valence-corrected chi connectivity index (χ4v) is 1.01. The Kier molecular flexibility index (Phi) is 2.95. The molecular formula is C9H13FN2O. The average Bonchev–Trinajstić information content (AvgIpc) is 2.18. The second-order valence-electron chi connectivity index (χ2n) is 3.29. The van der Waals surface area contributed by atoms with Gasteiger partial charge in [0, 0.05) is 18.2 Å². The molecule has 0 bridgehead atoms. The summed E-state index contributed by atoms with van der Waals surface area (Å²) in [6, 6.07) is 2.85. The van der Waals surface area contributed by atoms with Crippen LogP contribution in [0, 0.1) is 5.95 Å². The van der Waals surface area contributed by atoms with Crippen LogP contribution in [0.4, 0.5) is 4.39 Å². The number of rotatable bonds is 3. The van der Waals surface area contributed by atoms with E-state index in [1.54, 1.807) is 6.07 Å². The minimum atomic E-state index is -0.527. The van der Waals surface area contributed by atoms with E-state index in [-0.39, 0.29) is 6.61 Å². The van der Waals surface area contributed by atoms with Crippen LogP contribution in [-0.4, -0.2) is 23.2 Å². The summed E-state index contributed by atoms with van der Waals surface area (Å²) >= 11 is 0. The van der Waals surface area contributed by atoms with Gasteiger partial charge in [-0.2, -0.15) is 4.39 Å². The van der Waals surface area contributed by atoms with Gasteiger partial charge in [-0.05, 0) is 11.6 Å². The molecule has 3 nitrogen and oxygen atoms in total. The van der Waals surface area contributed by atoms with Crippen molar-refractivity contribution in [3.8, 4) is 0 Å². The van der Waals surface area contributed by atoms with Gasteiger partial charge in [-0.25, -0.2) is 4.98 Å². The van der Waals surface area contributed by atoms with E-state index in [0.29, 0.717) is 6.54 Å². The van der Waals surface area contributed by atoms with Crippen molar-refractivity contribution in [1.82, 2.24) is 4.98 Å². The smallest absolute Gasteiger partial charge is 0.212 e. The van der Waals surface area contributed by atoms with Crippen LogP contribution in [0.25, 0.3) is 0 Å². The van der Waals surface area contributed by atoms with Crippen LogP contribution in [0.2, 0.25) is 0 Å². The van der Waals surface area contributed by atoms with Gasteiger partial charge in [-0.3, -0.25) is 0 Å². The third-order valence-corrected chi connectivity index (χ3v) is 2.22. The highest BCUT2D eigenvalue weighted by atomic mass is 19.1. The number of hydrogen-bond donors (Lipinski definition) is 2. The van der Waals surface area contributed by atoms with Gasteiger partial charge in [0.1, 0.15) is 0 Å². The number of hydrogen-bond acceptors (Lipinski definition) is 3. The first kappa shape index (κ1) is 10.1. The number of aliphatic hydroxyl groups is 1. The van der Waals surface area contributed by atoms with E-state index in [2.05, 4.69) is 4.98 Å². The summed E-state index contributed by atoms with van der Waals surface area (Å²) in [6.07, 6.45) is 1.40. The molecule has 0 aliphatic carbocycles. The first-order chi connectivity index (χ1) is 6.12. The summed E-state index contributed by atoms with van der Waals surface area (Å²) in [5.74, 6) is -0.527. The standard InChI is InChI=1S/C9H13FN2O/c1-9(5-11,6-13)7-2-3-8(10)12-4-7/h2-4,13H,5-6,11H2,1H3. The SMILES string of the molecule is CC(CN)(CO)c1ccc(F)nc1. The second-order valence-corrected chi connectivity index (χ2v) is 3.29. The highest BCUT2D eigenvalue weighted by Crippen LogP contribution is 2.20. The lowest BCUT2D eigenvalue weighted by atomic mass is 9.84. The normalized spacial score (nSPS) is 15.4. The predicted octanol–water partition coefficient (Wildman–Crippen LogP) is 0.429. The Hall–Kier alpha value is -1.00. The van der Waals surface area contributed by atoms with Crippen molar-refractivity contribution in [1.29, 1.82) is 0 Å². The molecule has 0 amide bonds. The van der Waals surface area contributed by atoms with Gasteiger partial charge >= 0.3 is 0 Å². The number of halogens is 1. The number of nitrogens with two attached hydrogens (primary N) is 1. The highest BCUT2D eigenvalue weighted by Gasteiger charge is 2.24. The monoisotopic (exact) mass is 184 g/mol. The molecule has 0 radical (unpaired) electrons. The van der Waals surface area contributed by atoms with Crippen molar-refractivity contribution >= 4 is 0 Å². The molecule has 1 unspecified atom stereocenters. The van der Waals surface area contributed by atoms with E-state index >= 15 is 0 Å². The van der Waals surface area contributed by atoms with E-state index in [9.17, 15) is 4.39 Å². The van der Waals surface area contributed by atoms with Crippen molar-refractivity contribution in [2.24, 2.45) is 5.73 Å². The van der Waals surface area contributed by atoms with Crippen LogP contribution < -0.4 is 5.73 Å². The summed E-state index contributed by atoms with van der Waals surface area (Å²) < 4.78 is 12.5. The maximum atomic E-state index is 12.5. The number of aliphatic hydroxyl groups excluding tert-OH is 1. The lowest BCUT2D eigenvalue weighted by Crippen LogP contribution is -2.35. The highest BCUT2D eigenvalue weighted by molar-refractivity contribution is 5.21. The Balaban J connectivity index is 2.99. The van der Waals surface area contributed by atoms with Gasteiger partial charge in [0.05, 0.1) is 6.61 Å². The zero-order valence-corrected chi connectivity index (χ0v) is 7.50. The Morgan fingerprint density at radius 3 is 2.69 bits per heavy atom. The first-order valence-electron chi connectivity index (χ1n) is 4.05. The Labute approximate surface area is 76.4 Å². The Morgan fingerprint density at radius 2 is 2.31 bits per heavy atom. The molecular weight excluding hydrogens is 171 g/mol. The van der Waals surface area contributed by atoms with Crippen LogP contribution in [0.1, 0.15) is 12.5 Å². The molecule has 0 saturated carbocycles. The van der Waals surface area contributed by atoms with E-state index < -0.39 is 11.4 Å². The van der Waals surface area contributed by atoms with Gasteiger partial charge in [-0.15, -0.1) is 0 Å². The minimum absolute atomic E-state index is 0.0726. The van der Waals surface area contributed by atoms with E-state index in [4.69, 9.17) is 10.8 Å². The van der Waals surface area contributed by atoms with Crippen LogP contribution in [0.3, 0.4) is 0 Å². The molecule has 0 aromatic carbocycles. The van der Waals surface area contributed by atoms with Gasteiger partial charge in [0.2, 0.25) is 5.95 Å². The number of pyridine rings is 1. The quantitative estimate of drug-likeness (QED) is 0.670. The minimum Gasteiger partial charge on any atom is -0.395 e. The lowest BCUT2D eigenvalue weighted by Gasteiger charge is -2.25. The molecule has 0 aliphatic rings. The number of nitrogens with zero attached hydrogens (tertiary/aromatic N) is 1. The van der Waals surface area contributed by atoms with E-state index in [0.717, 1.165) is 5.56 Å². The van der Waals surface area contributed by atoms with Crippen LogP contribution in [0.5, 0.6) is 0 Å². The molecule has 1 aromatic heterocycles. The summed E-state index contributed by atoms with van der Waals surface area (Å²) in [5.41, 5.74) is 5.73. The molecule has 1 aromatic rings. The van der Waals surface area contributed by atoms with Crippen LogP contribution in [-0.2, 0) is 5.41 Å². The van der Waals surface area contributed by atoms with Crippen molar-refractivity contribution in [2.75, 3.05) is 13.2 Å². The van der Waals surface area contributed by atoms with E-state index in [1.165, 1.54) is 12.3 Å². The third kappa shape index (κ3) is 2.02. The summed E-state index contributed by atoms with van der Waals surface area (Å²) in [4.78, 5) is 3.51. The predicted molar refractivity (Wildman–Crippen MR) is 47.7 cm³/mol. The molecule has 1 atom stereocenters. The molecule has 1 rings (SSSR count). The van der Waals surface area contributed by atoms with Gasteiger partial charge in [-0.1, -0.05) is 13.0 Å². The van der Waals surface area contributed by atoms with Gasteiger partial charge < -0.3 is 10.8 Å². The average molecular weight is 184 g/mol. The summed E-state index contributed by atoms with van der Waals surface area (Å²) in [7, 11) is 0. The molecule has 72 valence electrons. The zero-order chi connectivity index (χ0) is 9.90. The zero-order valence-electron chi connectivity index (χ0n) is 7.50. The van der Waals surface area contributed by atoms with Crippen molar-refractivity contribution < 1.29 is 9.50 Å². The molecule has 13 heavy (non-hydrogen) atoms. The van der Waals surface area contributed by atoms with Crippen molar-refractivity contribution in [3.05, 3.63) is 29.8 Å². The van der Waals surface area contributed by atoms with Crippen molar-refractivity contribution in [3.63, 3.8) is 0 Å². The first-order valence-corrected chi connectivity index (χ1v) is 4.05. The Bertz CT molecular complexity index is 269. The molecule has 0 spiro atoms. The topological polar surface area (TPSA) is 59.1 Å². The molecule has 4 heteroatoms.